The first-order chi connectivity index (χ1) is 13.5. The van der Waals surface area contributed by atoms with E-state index in [-0.39, 0.29) is 17.4 Å². The number of carbonyl (C=O) groups excluding carboxylic acids is 2. The second-order valence-corrected chi connectivity index (χ2v) is 6.38. The highest BCUT2D eigenvalue weighted by atomic mass is 16.2. The lowest BCUT2D eigenvalue weighted by Crippen LogP contribution is -2.29. The molecule has 0 fully saturated rings. The maximum absolute atomic E-state index is 12.5. The van der Waals surface area contributed by atoms with Crippen LogP contribution in [-0.2, 0) is 6.42 Å². The summed E-state index contributed by atoms with van der Waals surface area (Å²) in [7, 11) is 1.74. The number of Topliss-reactive ketones (excluding diaryl/α,β-unsaturated/α-hetero) is 1. The number of likely N-dealkylation sites (N-methyl/N-ethyl adjacent to an activating group) is 1. The molecule has 0 bridgehead atoms. The summed E-state index contributed by atoms with van der Waals surface area (Å²) in [4.78, 5) is 38.1. The zero-order valence-corrected chi connectivity index (χ0v) is 15.8. The Hall–Kier alpha value is -3.61. The van der Waals surface area contributed by atoms with Crippen LogP contribution in [0.4, 0.5) is 11.5 Å². The van der Waals surface area contributed by atoms with Crippen molar-refractivity contribution in [3.8, 4) is 0 Å². The van der Waals surface area contributed by atoms with Gasteiger partial charge in [0, 0.05) is 37.2 Å². The van der Waals surface area contributed by atoms with Crippen LogP contribution in [0.5, 0.6) is 0 Å². The van der Waals surface area contributed by atoms with Crippen LogP contribution in [0, 0.1) is 0 Å². The predicted molar refractivity (Wildman–Crippen MR) is 107 cm³/mol. The molecule has 142 valence electrons. The van der Waals surface area contributed by atoms with Crippen LogP contribution in [0.3, 0.4) is 0 Å². The van der Waals surface area contributed by atoms with Gasteiger partial charge in [-0.3, -0.25) is 14.6 Å². The van der Waals surface area contributed by atoms with Gasteiger partial charge in [0.05, 0.1) is 12.4 Å². The lowest BCUT2D eigenvalue weighted by molar-refractivity contribution is 0.0790. The number of ketones is 1. The van der Waals surface area contributed by atoms with E-state index < -0.39 is 0 Å². The number of nitrogens with zero attached hydrogens (tertiary/aromatic N) is 4. The summed E-state index contributed by atoms with van der Waals surface area (Å²) >= 11 is 0. The van der Waals surface area contributed by atoms with Gasteiger partial charge in [0.25, 0.3) is 5.91 Å². The summed E-state index contributed by atoms with van der Waals surface area (Å²) in [6.07, 6.45) is 7.16. The summed E-state index contributed by atoms with van der Waals surface area (Å²) < 4.78 is 0. The Morgan fingerprint density at radius 2 is 1.86 bits per heavy atom. The molecule has 0 saturated heterocycles. The van der Waals surface area contributed by atoms with Crippen molar-refractivity contribution < 1.29 is 9.59 Å². The molecule has 3 aromatic rings. The van der Waals surface area contributed by atoms with E-state index in [4.69, 9.17) is 0 Å². The number of nitrogens with one attached hydrogen (secondary N) is 1. The van der Waals surface area contributed by atoms with E-state index in [2.05, 4.69) is 20.3 Å². The van der Waals surface area contributed by atoms with Gasteiger partial charge in [0.2, 0.25) is 0 Å². The largest absolute Gasteiger partial charge is 0.340 e. The Balaban J connectivity index is 1.60. The molecule has 0 spiro atoms. The molecule has 0 aliphatic carbocycles. The lowest BCUT2D eigenvalue weighted by Gasteiger charge is -2.16. The third kappa shape index (κ3) is 4.97. The fourth-order valence-corrected chi connectivity index (χ4v) is 2.61. The molecular formula is C21H21N5O2. The second-order valence-electron chi connectivity index (χ2n) is 6.38. The zero-order valence-electron chi connectivity index (χ0n) is 15.8. The molecule has 2 heterocycles. The van der Waals surface area contributed by atoms with Crippen LogP contribution in [-0.4, -0.2) is 45.1 Å². The number of benzene rings is 1. The van der Waals surface area contributed by atoms with Crippen LogP contribution in [0.25, 0.3) is 0 Å². The van der Waals surface area contributed by atoms with Gasteiger partial charge in [0.1, 0.15) is 11.5 Å². The lowest BCUT2D eigenvalue weighted by atomic mass is 10.1. The normalized spacial score (nSPS) is 10.4. The van der Waals surface area contributed by atoms with Crippen LogP contribution in [0.15, 0.2) is 61.2 Å². The van der Waals surface area contributed by atoms with Crippen molar-refractivity contribution in [3.63, 3.8) is 0 Å². The summed E-state index contributed by atoms with van der Waals surface area (Å²) in [6, 6.07) is 11.0. The van der Waals surface area contributed by atoms with Crippen molar-refractivity contribution in [2.45, 2.75) is 13.3 Å². The molecule has 0 radical (unpaired) electrons. The topological polar surface area (TPSA) is 88.1 Å². The van der Waals surface area contributed by atoms with Crippen molar-refractivity contribution in [1.29, 1.82) is 0 Å². The van der Waals surface area contributed by atoms with Gasteiger partial charge < -0.3 is 10.2 Å². The predicted octanol–water partition coefficient (Wildman–Crippen LogP) is 3.13. The molecule has 1 amide bonds. The van der Waals surface area contributed by atoms with Crippen LogP contribution >= 0.6 is 0 Å². The molecule has 3 rings (SSSR count). The van der Waals surface area contributed by atoms with Crippen molar-refractivity contribution >= 4 is 23.2 Å². The van der Waals surface area contributed by atoms with E-state index in [1.54, 1.807) is 42.5 Å². The minimum absolute atomic E-state index is 0.00881. The highest BCUT2D eigenvalue weighted by Gasteiger charge is 2.14. The molecule has 0 aliphatic heterocycles. The summed E-state index contributed by atoms with van der Waals surface area (Å²) in [5.41, 5.74) is 2.74. The van der Waals surface area contributed by atoms with Gasteiger partial charge in [-0.15, -0.1) is 0 Å². The Morgan fingerprint density at radius 1 is 1.07 bits per heavy atom. The SMILES string of the molecule is CC(=O)c1cccc(Nc2cnc(C(=O)N(C)CCc3ccncc3)cn2)c1. The minimum atomic E-state index is -0.188. The number of carbonyl (C=O) groups is 2. The first kappa shape index (κ1) is 19.2. The highest BCUT2D eigenvalue weighted by Crippen LogP contribution is 2.16. The van der Waals surface area contributed by atoms with E-state index in [1.165, 1.54) is 19.3 Å². The molecule has 0 unspecified atom stereocenters. The zero-order chi connectivity index (χ0) is 19.9. The second kappa shape index (κ2) is 8.85. The highest BCUT2D eigenvalue weighted by molar-refractivity contribution is 5.95. The fourth-order valence-electron chi connectivity index (χ4n) is 2.61. The average molecular weight is 375 g/mol. The average Bonchev–Trinajstić information content (AvgIpc) is 2.73. The molecule has 28 heavy (non-hydrogen) atoms. The standard InChI is InChI=1S/C21H21N5O2/c1-15(27)17-4-3-5-18(12-17)25-20-14-23-19(13-24-20)21(28)26(2)11-8-16-6-9-22-10-7-16/h3-7,9-10,12-14H,8,11H2,1-2H3,(H,24,25). The number of hydrogen-bond donors (Lipinski definition) is 1. The van der Waals surface area contributed by atoms with Gasteiger partial charge in [-0.05, 0) is 43.2 Å². The first-order valence-electron chi connectivity index (χ1n) is 8.87. The smallest absolute Gasteiger partial charge is 0.273 e. The third-order valence-electron chi connectivity index (χ3n) is 4.24. The Bertz CT molecular complexity index is 958. The number of anilines is 2. The molecular weight excluding hydrogens is 354 g/mol. The molecule has 1 N–H and O–H groups in total. The van der Waals surface area contributed by atoms with Crippen molar-refractivity contribution in [1.82, 2.24) is 19.9 Å². The quantitative estimate of drug-likeness (QED) is 0.638. The Morgan fingerprint density at radius 3 is 2.54 bits per heavy atom. The van der Waals surface area contributed by atoms with Crippen molar-refractivity contribution in [2.24, 2.45) is 0 Å². The monoisotopic (exact) mass is 375 g/mol. The fraction of sp³-hybridized carbons (Fsp3) is 0.190. The molecule has 0 saturated carbocycles. The van der Waals surface area contributed by atoms with Crippen LogP contribution in [0.1, 0.15) is 33.3 Å². The van der Waals surface area contributed by atoms with Crippen LogP contribution in [0.2, 0.25) is 0 Å². The van der Waals surface area contributed by atoms with E-state index in [1.807, 2.05) is 18.2 Å². The van der Waals surface area contributed by atoms with Gasteiger partial charge >= 0.3 is 0 Å². The van der Waals surface area contributed by atoms with Crippen molar-refractivity contribution in [3.05, 3.63) is 78.0 Å². The number of aromatic nitrogens is 3. The van der Waals surface area contributed by atoms with Gasteiger partial charge in [-0.2, -0.15) is 0 Å². The minimum Gasteiger partial charge on any atom is -0.340 e. The van der Waals surface area contributed by atoms with Crippen LogP contribution < -0.4 is 5.32 Å². The summed E-state index contributed by atoms with van der Waals surface area (Å²) in [5, 5.41) is 3.08. The maximum Gasteiger partial charge on any atom is 0.273 e. The van der Waals surface area contributed by atoms with Gasteiger partial charge in [-0.1, -0.05) is 12.1 Å². The summed E-state index contributed by atoms with van der Waals surface area (Å²) in [5.74, 6) is 0.300. The third-order valence-corrected chi connectivity index (χ3v) is 4.24. The molecule has 0 aliphatic rings. The molecule has 2 aromatic heterocycles. The van der Waals surface area contributed by atoms with E-state index in [9.17, 15) is 9.59 Å². The number of amides is 1. The molecule has 7 nitrogen and oxygen atoms in total. The molecule has 1 aromatic carbocycles. The Kier molecular flexibility index (Phi) is 6.06. The molecule has 0 atom stereocenters. The van der Waals surface area contributed by atoms with Gasteiger partial charge in [-0.25, -0.2) is 9.97 Å². The van der Waals surface area contributed by atoms with E-state index in [0.29, 0.717) is 17.9 Å². The summed E-state index contributed by atoms with van der Waals surface area (Å²) in [6.45, 7) is 2.09. The Labute approximate surface area is 163 Å². The first-order valence-corrected chi connectivity index (χ1v) is 8.87. The van der Waals surface area contributed by atoms with Crippen molar-refractivity contribution in [2.75, 3.05) is 18.9 Å². The number of hydrogen-bond acceptors (Lipinski definition) is 6. The van der Waals surface area contributed by atoms with E-state index >= 15 is 0 Å². The maximum atomic E-state index is 12.5. The van der Waals surface area contributed by atoms with Gasteiger partial charge in [0.15, 0.2) is 5.78 Å². The van der Waals surface area contributed by atoms with E-state index in [0.717, 1.165) is 17.7 Å². The number of pyridine rings is 1. The number of rotatable bonds is 7. The molecule has 7 heteroatoms.